The molecular weight excluding hydrogens is 184 g/mol. The van der Waals surface area contributed by atoms with Gasteiger partial charge in [0.05, 0.1) is 0 Å². The van der Waals surface area contributed by atoms with Gasteiger partial charge in [0.25, 0.3) is 0 Å². The highest BCUT2D eigenvalue weighted by Gasteiger charge is 2.24. The Labute approximate surface area is 89.4 Å². The van der Waals surface area contributed by atoms with E-state index < -0.39 is 0 Å². The van der Waals surface area contributed by atoms with Crippen molar-refractivity contribution in [2.45, 2.75) is 7.43 Å². The first-order valence-corrected chi connectivity index (χ1v) is 4.61. The molecule has 0 amide bonds. The van der Waals surface area contributed by atoms with Crippen molar-refractivity contribution in [3.63, 3.8) is 0 Å². The molecule has 0 spiro atoms. The molecule has 0 radical (unpaired) electrons. The lowest BCUT2D eigenvalue weighted by Gasteiger charge is -1.96. The number of rotatable bonds is 0. The van der Waals surface area contributed by atoms with Crippen LogP contribution in [0.3, 0.4) is 0 Å². The van der Waals surface area contributed by atoms with Crippen LogP contribution in [0.1, 0.15) is 23.3 Å². The smallest absolute Gasteiger partial charge is 0.194 e. The maximum absolute atomic E-state index is 11.9. The van der Waals surface area contributed by atoms with Crippen LogP contribution in [-0.2, 0) is 0 Å². The van der Waals surface area contributed by atoms with Crippen LogP contribution in [0.2, 0.25) is 0 Å². The minimum atomic E-state index is 0. The van der Waals surface area contributed by atoms with E-state index in [9.17, 15) is 4.79 Å². The van der Waals surface area contributed by atoms with Gasteiger partial charge in [0.2, 0.25) is 0 Å². The van der Waals surface area contributed by atoms with E-state index in [1.807, 2.05) is 48.5 Å². The van der Waals surface area contributed by atoms with Crippen LogP contribution in [0.5, 0.6) is 0 Å². The molecule has 3 rings (SSSR count). The fourth-order valence-corrected chi connectivity index (χ4v) is 1.98. The molecule has 1 aliphatic carbocycles. The number of carbonyl (C=O) groups excluding carboxylic acids is 1. The van der Waals surface area contributed by atoms with Crippen LogP contribution in [0.15, 0.2) is 48.5 Å². The molecule has 0 aromatic heterocycles. The molecule has 1 heteroatoms. The first-order valence-electron chi connectivity index (χ1n) is 4.61. The molecule has 0 bridgehead atoms. The van der Waals surface area contributed by atoms with Gasteiger partial charge in [-0.05, 0) is 11.1 Å². The van der Waals surface area contributed by atoms with Crippen LogP contribution in [0.4, 0.5) is 0 Å². The normalized spacial score (nSPS) is 11.6. The summed E-state index contributed by atoms with van der Waals surface area (Å²) in [5, 5.41) is 0. The van der Waals surface area contributed by atoms with Crippen molar-refractivity contribution >= 4 is 5.78 Å². The van der Waals surface area contributed by atoms with Crippen molar-refractivity contribution in [1.82, 2.24) is 0 Å². The van der Waals surface area contributed by atoms with Crippen LogP contribution < -0.4 is 0 Å². The monoisotopic (exact) mass is 196 g/mol. The molecule has 0 fully saturated rings. The van der Waals surface area contributed by atoms with E-state index in [0.29, 0.717) is 0 Å². The number of ketones is 1. The van der Waals surface area contributed by atoms with E-state index in [0.717, 1.165) is 22.3 Å². The molecule has 0 N–H and O–H groups in total. The van der Waals surface area contributed by atoms with Crippen LogP contribution >= 0.6 is 0 Å². The van der Waals surface area contributed by atoms with Gasteiger partial charge in [-0.1, -0.05) is 56.0 Å². The van der Waals surface area contributed by atoms with Gasteiger partial charge in [0.15, 0.2) is 5.78 Å². The number of hydrogen-bond acceptors (Lipinski definition) is 1. The summed E-state index contributed by atoms with van der Waals surface area (Å²) in [6.45, 7) is 0. The molecule has 0 saturated heterocycles. The SMILES string of the molecule is C.O=C1c2ccccc2-c2ccccc21. The minimum Gasteiger partial charge on any atom is -0.289 e. The van der Waals surface area contributed by atoms with Gasteiger partial charge in [-0.3, -0.25) is 4.79 Å². The van der Waals surface area contributed by atoms with Gasteiger partial charge in [-0.25, -0.2) is 0 Å². The summed E-state index contributed by atoms with van der Waals surface area (Å²) in [4.78, 5) is 11.9. The number of hydrogen-bond donors (Lipinski definition) is 0. The zero-order chi connectivity index (χ0) is 9.54. The third-order valence-corrected chi connectivity index (χ3v) is 2.63. The predicted molar refractivity (Wildman–Crippen MR) is 62.0 cm³/mol. The third kappa shape index (κ3) is 1.20. The lowest BCUT2D eigenvalue weighted by molar-refractivity contribution is 0.104. The second-order valence-electron chi connectivity index (χ2n) is 3.42. The summed E-state index contributed by atoms with van der Waals surface area (Å²) < 4.78 is 0. The molecule has 0 unspecified atom stereocenters. The first-order chi connectivity index (χ1) is 6.88. The third-order valence-electron chi connectivity index (χ3n) is 2.63. The van der Waals surface area contributed by atoms with Crippen LogP contribution in [0, 0.1) is 0 Å². The second-order valence-corrected chi connectivity index (χ2v) is 3.42. The molecule has 74 valence electrons. The Kier molecular flexibility index (Phi) is 2.16. The molecule has 0 atom stereocenters. The highest BCUT2D eigenvalue weighted by Crippen LogP contribution is 2.35. The minimum absolute atomic E-state index is 0. The summed E-state index contributed by atoms with van der Waals surface area (Å²) in [7, 11) is 0. The topological polar surface area (TPSA) is 17.1 Å². The molecule has 1 aliphatic rings. The Balaban J connectivity index is 0.000000853. The Hall–Kier alpha value is -1.89. The number of benzene rings is 2. The quantitative estimate of drug-likeness (QED) is 0.537. The molecule has 1 nitrogen and oxygen atoms in total. The molecule has 0 heterocycles. The fourth-order valence-electron chi connectivity index (χ4n) is 1.98. The average molecular weight is 196 g/mol. The van der Waals surface area contributed by atoms with Gasteiger partial charge in [0, 0.05) is 11.1 Å². The first kappa shape index (κ1) is 9.66. The summed E-state index contributed by atoms with van der Waals surface area (Å²) >= 11 is 0. The van der Waals surface area contributed by atoms with E-state index >= 15 is 0 Å². The summed E-state index contributed by atoms with van der Waals surface area (Å²) in [5.41, 5.74) is 3.78. The van der Waals surface area contributed by atoms with Gasteiger partial charge in [-0.15, -0.1) is 0 Å². The Morgan fingerprint density at radius 3 is 1.33 bits per heavy atom. The van der Waals surface area contributed by atoms with E-state index in [1.165, 1.54) is 0 Å². The maximum Gasteiger partial charge on any atom is 0.194 e. The average Bonchev–Trinajstić information content (AvgIpc) is 2.55. The van der Waals surface area contributed by atoms with Gasteiger partial charge in [0.1, 0.15) is 0 Å². The van der Waals surface area contributed by atoms with E-state index in [1.54, 1.807) is 0 Å². The summed E-state index contributed by atoms with van der Waals surface area (Å²) in [6, 6.07) is 15.5. The van der Waals surface area contributed by atoms with E-state index in [2.05, 4.69) is 0 Å². The van der Waals surface area contributed by atoms with Gasteiger partial charge < -0.3 is 0 Å². The molecular formula is C14H12O. The van der Waals surface area contributed by atoms with Crippen molar-refractivity contribution in [3.8, 4) is 11.1 Å². The zero-order valence-corrected chi connectivity index (χ0v) is 7.53. The molecule has 2 aromatic rings. The Morgan fingerprint density at radius 2 is 0.933 bits per heavy atom. The predicted octanol–water partition coefficient (Wildman–Crippen LogP) is 3.53. The van der Waals surface area contributed by atoms with Gasteiger partial charge in [-0.2, -0.15) is 0 Å². The largest absolute Gasteiger partial charge is 0.289 e. The van der Waals surface area contributed by atoms with Crippen molar-refractivity contribution in [1.29, 1.82) is 0 Å². The molecule has 2 aromatic carbocycles. The number of fused-ring (bicyclic) bond motifs is 3. The van der Waals surface area contributed by atoms with Crippen LogP contribution in [-0.4, -0.2) is 5.78 Å². The van der Waals surface area contributed by atoms with Crippen molar-refractivity contribution in [2.24, 2.45) is 0 Å². The molecule has 0 saturated carbocycles. The Morgan fingerprint density at radius 1 is 0.600 bits per heavy atom. The lowest BCUT2D eigenvalue weighted by Crippen LogP contribution is -1.93. The van der Waals surface area contributed by atoms with E-state index in [-0.39, 0.29) is 13.2 Å². The van der Waals surface area contributed by atoms with Crippen molar-refractivity contribution in [2.75, 3.05) is 0 Å². The zero-order valence-electron chi connectivity index (χ0n) is 7.53. The second kappa shape index (κ2) is 3.35. The standard InChI is InChI=1S/C13H8O.CH4/c14-13-11-7-3-1-5-9(11)10-6-2-4-8-12(10)13;/h1-8H;1H4. The van der Waals surface area contributed by atoms with Crippen molar-refractivity contribution < 1.29 is 4.79 Å². The van der Waals surface area contributed by atoms with E-state index in [4.69, 9.17) is 0 Å². The highest BCUT2D eigenvalue weighted by atomic mass is 16.1. The number of carbonyl (C=O) groups is 1. The molecule has 0 aliphatic heterocycles. The lowest BCUT2D eigenvalue weighted by atomic mass is 10.1. The summed E-state index contributed by atoms with van der Waals surface area (Å²) in [5.74, 6) is 0.149. The van der Waals surface area contributed by atoms with Gasteiger partial charge >= 0.3 is 0 Å². The maximum atomic E-state index is 11.9. The molecule has 15 heavy (non-hydrogen) atoms. The highest BCUT2D eigenvalue weighted by molar-refractivity contribution is 6.21. The van der Waals surface area contributed by atoms with Crippen LogP contribution in [0.25, 0.3) is 11.1 Å². The Bertz CT molecular complexity index is 479. The fraction of sp³-hybridized carbons (Fsp3) is 0.0714. The summed E-state index contributed by atoms with van der Waals surface area (Å²) in [6.07, 6.45) is 0. The van der Waals surface area contributed by atoms with Crippen molar-refractivity contribution in [3.05, 3.63) is 59.7 Å².